The van der Waals surface area contributed by atoms with Crippen molar-refractivity contribution in [3.05, 3.63) is 84.6 Å². The predicted molar refractivity (Wildman–Crippen MR) is 136 cm³/mol. The Balaban J connectivity index is 1.17. The molecule has 1 aliphatic heterocycles. The second-order valence-corrected chi connectivity index (χ2v) is 9.20. The van der Waals surface area contributed by atoms with Crippen LogP contribution in [0.5, 0.6) is 0 Å². The van der Waals surface area contributed by atoms with Crippen LogP contribution in [-0.2, 0) is 7.05 Å². The van der Waals surface area contributed by atoms with Crippen LogP contribution in [-0.4, -0.2) is 67.0 Å². The summed E-state index contributed by atoms with van der Waals surface area (Å²) in [6.45, 7) is 2.64. The van der Waals surface area contributed by atoms with Crippen LogP contribution in [0.15, 0.2) is 67.6 Å². The molecule has 5 heterocycles. The van der Waals surface area contributed by atoms with Gasteiger partial charge in [-0.2, -0.15) is 10.2 Å². The Kier molecular flexibility index (Phi) is 6.14. The molecule has 194 valence electrons. The molecule has 0 saturated carbocycles. The van der Waals surface area contributed by atoms with Crippen molar-refractivity contribution < 1.29 is 13.2 Å². The van der Waals surface area contributed by atoms with Crippen LogP contribution in [0.3, 0.4) is 0 Å². The van der Waals surface area contributed by atoms with Crippen LogP contribution in [0, 0.1) is 5.82 Å². The first-order chi connectivity index (χ1) is 18.5. The SMILES string of the molecule is Cn1cc(-c2cc3c(N4CCN(c5ncc(C(c6ccc(F)cc6)C(F)F)cn5)CC4)ncnn3c2)cn1. The topological polar surface area (TPSA) is 80.3 Å². The number of hydrogen-bond donors (Lipinski definition) is 0. The van der Waals surface area contributed by atoms with Crippen LogP contribution >= 0.6 is 0 Å². The highest BCUT2D eigenvalue weighted by molar-refractivity contribution is 5.77. The number of benzene rings is 1. The minimum absolute atomic E-state index is 0.287. The number of piperazine rings is 1. The smallest absolute Gasteiger partial charge is 0.249 e. The van der Waals surface area contributed by atoms with Gasteiger partial charge in [0.15, 0.2) is 5.82 Å². The third kappa shape index (κ3) is 4.53. The van der Waals surface area contributed by atoms with E-state index >= 15 is 0 Å². The third-order valence-corrected chi connectivity index (χ3v) is 6.78. The number of aromatic nitrogens is 7. The monoisotopic (exact) mass is 519 g/mol. The number of anilines is 2. The quantitative estimate of drug-likeness (QED) is 0.338. The summed E-state index contributed by atoms with van der Waals surface area (Å²) in [5, 5.41) is 8.61. The maximum atomic E-state index is 13.9. The number of halogens is 3. The zero-order valence-electron chi connectivity index (χ0n) is 20.5. The van der Waals surface area contributed by atoms with E-state index < -0.39 is 18.2 Å². The van der Waals surface area contributed by atoms with E-state index in [-0.39, 0.29) is 5.56 Å². The van der Waals surface area contributed by atoms with Crippen molar-refractivity contribution in [1.29, 1.82) is 0 Å². The molecule has 1 unspecified atom stereocenters. The number of nitrogens with zero attached hydrogens (tertiary/aromatic N) is 9. The van der Waals surface area contributed by atoms with Gasteiger partial charge in [-0.1, -0.05) is 12.1 Å². The van der Waals surface area contributed by atoms with Gasteiger partial charge in [-0.15, -0.1) is 0 Å². The molecule has 1 aromatic carbocycles. The lowest BCUT2D eigenvalue weighted by Crippen LogP contribution is -2.47. The van der Waals surface area contributed by atoms with E-state index in [0.717, 1.165) is 22.5 Å². The lowest BCUT2D eigenvalue weighted by molar-refractivity contribution is 0.128. The largest absolute Gasteiger partial charge is 0.351 e. The summed E-state index contributed by atoms with van der Waals surface area (Å²) >= 11 is 0. The van der Waals surface area contributed by atoms with E-state index in [0.29, 0.717) is 37.7 Å². The van der Waals surface area contributed by atoms with E-state index in [1.807, 2.05) is 35.1 Å². The molecule has 0 radical (unpaired) electrons. The molecule has 38 heavy (non-hydrogen) atoms. The van der Waals surface area contributed by atoms with E-state index in [9.17, 15) is 13.2 Å². The highest BCUT2D eigenvalue weighted by Gasteiger charge is 2.27. The molecule has 12 heteroatoms. The van der Waals surface area contributed by atoms with Gasteiger partial charge in [-0.3, -0.25) is 4.68 Å². The molecule has 5 aromatic rings. The summed E-state index contributed by atoms with van der Waals surface area (Å²) in [6, 6.07) is 7.15. The van der Waals surface area contributed by atoms with Crippen molar-refractivity contribution in [2.45, 2.75) is 12.3 Å². The fourth-order valence-corrected chi connectivity index (χ4v) is 4.82. The van der Waals surface area contributed by atoms with Crippen LogP contribution in [0.2, 0.25) is 0 Å². The van der Waals surface area contributed by atoms with Crippen LogP contribution in [0.1, 0.15) is 17.0 Å². The predicted octanol–water partition coefficient (Wildman–Crippen LogP) is 3.78. The number of rotatable bonds is 6. The standard InChI is InChI=1S/C26H24F3N9/c1-35-14-20(13-33-35)18-10-22-25(32-16-34-38(22)15-18)36-6-8-37(9-7-36)26-30-11-19(12-31-26)23(24(28)29)17-2-4-21(27)5-3-17/h2-5,10-16,23-24H,6-9H2,1H3. The van der Waals surface area contributed by atoms with Gasteiger partial charge in [-0.05, 0) is 23.8 Å². The summed E-state index contributed by atoms with van der Waals surface area (Å²) in [7, 11) is 1.88. The summed E-state index contributed by atoms with van der Waals surface area (Å²) < 4.78 is 44.6. The molecular weight excluding hydrogens is 495 g/mol. The first-order valence-corrected chi connectivity index (χ1v) is 12.1. The van der Waals surface area contributed by atoms with Gasteiger partial charge in [0.25, 0.3) is 0 Å². The average molecular weight is 520 g/mol. The fraction of sp³-hybridized carbons (Fsp3) is 0.269. The van der Waals surface area contributed by atoms with E-state index in [4.69, 9.17) is 0 Å². The molecular formula is C26H24F3N9. The van der Waals surface area contributed by atoms with Crippen molar-refractivity contribution in [1.82, 2.24) is 34.3 Å². The van der Waals surface area contributed by atoms with E-state index in [1.54, 1.807) is 11.0 Å². The molecule has 1 aliphatic rings. The molecule has 0 aliphatic carbocycles. The Hall–Kier alpha value is -4.48. The molecule has 0 bridgehead atoms. The van der Waals surface area contributed by atoms with Gasteiger partial charge in [0, 0.05) is 74.7 Å². The molecule has 1 saturated heterocycles. The Morgan fingerprint density at radius 3 is 2.16 bits per heavy atom. The van der Waals surface area contributed by atoms with Crippen LogP contribution < -0.4 is 9.80 Å². The van der Waals surface area contributed by atoms with Gasteiger partial charge >= 0.3 is 0 Å². The van der Waals surface area contributed by atoms with Gasteiger partial charge in [-0.25, -0.2) is 32.6 Å². The van der Waals surface area contributed by atoms with Gasteiger partial charge in [0.1, 0.15) is 17.7 Å². The Morgan fingerprint density at radius 1 is 0.789 bits per heavy atom. The molecule has 9 nitrogen and oxygen atoms in total. The van der Waals surface area contributed by atoms with Crippen LogP contribution in [0.4, 0.5) is 24.9 Å². The maximum absolute atomic E-state index is 13.9. The lowest BCUT2D eigenvalue weighted by Gasteiger charge is -2.35. The van der Waals surface area contributed by atoms with Gasteiger partial charge in [0.2, 0.25) is 12.4 Å². The molecule has 0 spiro atoms. The van der Waals surface area contributed by atoms with Crippen molar-refractivity contribution in [2.24, 2.45) is 7.05 Å². The van der Waals surface area contributed by atoms with Crippen molar-refractivity contribution >= 4 is 17.3 Å². The molecule has 1 atom stereocenters. The van der Waals surface area contributed by atoms with Crippen molar-refractivity contribution in [3.63, 3.8) is 0 Å². The number of aryl methyl sites for hydroxylation is 1. The van der Waals surface area contributed by atoms with Gasteiger partial charge in [0.05, 0.1) is 12.1 Å². The number of hydrogen-bond acceptors (Lipinski definition) is 7. The highest BCUT2D eigenvalue weighted by Crippen LogP contribution is 2.31. The molecule has 4 aromatic heterocycles. The minimum Gasteiger partial charge on any atom is -0.351 e. The normalized spacial score (nSPS) is 15.0. The van der Waals surface area contributed by atoms with E-state index in [2.05, 4.69) is 36.1 Å². The Morgan fingerprint density at radius 2 is 1.50 bits per heavy atom. The van der Waals surface area contributed by atoms with Crippen molar-refractivity contribution in [3.8, 4) is 11.1 Å². The summed E-state index contributed by atoms with van der Waals surface area (Å²) in [5.41, 5.74) is 3.52. The fourth-order valence-electron chi connectivity index (χ4n) is 4.82. The average Bonchev–Trinajstić information content (AvgIpc) is 3.56. The first kappa shape index (κ1) is 23.9. The second kappa shape index (κ2) is 9.77. The Bertz CT molecular complexity index is 1540. The number of alkyl halides is 2. The van der Waals surface area contributed by atoms with Crippen molar-refractivity contribution in [2.75, 3.05) is 36.0 Å². The maximum Gasteiger partial charge on any atom is 0.249 e. The lowest BCUT2D eigenvalue weighted by atomic mass is 9.94. The zero-order chi connectivity index (χ0) is 26.2. The third-order valence-electron chi connectivity index (χ3n) is 6.78. The summed E-state index contributed by atoms with van der Waals surface area (Å²) in [4.78, 5) is 17.5. The first-order valence-electron chi connectivity index (χ1n) is 12.1. The summed E-state index contributed by atoms with van der Waals surface area (Å²) in [5.74, 6) is -0.374. The zero-order valence-corrected chi connectivity index (χ0v) is 20.5. The highest BCUT2D eigenvalue weighted by atomic mass is 19.3. The summed E-state index contributed by atoms with van der Waals surface area (Å²) in [6.07, 6.45) is 7.47. The molecule has 6 rings (SSSR count). The van der Waals surface area contributed by atoms with Crippen LogP contribution in [0.25, 0.3) is 16.6 Å². The van der Waals surface area contributed by atoms with Gasteiger partial charge < -0.3 is 9.80 Å². The Labute approximate surface area is 216 Å². The minimum atomic E-state index is -2.67. The molecule has 0 amide bonds. The molecule has 0 N–H and O–H groups in total. The second-order valence-electron chi connectivity index (χ2n) is 9.20. The number of fused-ring (bicyclic) bond motifs is 1. The van der Waals surface area contributed by atoms with E-state index in [1.165, 1.54) is 36.7 Å². The molecule has 1 fully saturated rings.